The topological polar surface area (TPSA) is 64.6 Å². The van der Waals surface area contributed by atoms with E-state index in [2.05, 4.69) is 5.32 Å². The van der Waals surface area contributed by atoms with Gasteiger partial charge in [-0.25, -0.2) is 9.18 Å². The summed E-state index contributed by atoms with van der Waals surface area (Å²) < 4.78 is 23.1. The lowest BCUT2D eigenvalue weighted by molar-refractivity contribution is 0.0451. The number of ketones is 1. The van der Waals surface area contributed by atoms with Gasteiger partial charge in [-0.1, -0.05) is 0 Å². The molecule has 0 aliphatic rings. The average Bonchev–Trinajstić information content (AvgIpc) is 2.36. The summed E-state index contributed by atoms with van der Waals surface area (Å²) in [5, 5.41) is 2.61. The van der Waals surface area contributed by atoms with Crippen LogP contribution >= 0.6 is 0 Å². The molecule has 1 amide bonds. The number of hydrogen-bond donors (Lipinski definition) is 1. The first-order chi connectivity index (χ1) is 10.2. The number of carbonyl (C=O) groups excluding carboxylic acids is 2. The summed E-state index contributed by atoms with van der Waals surface area (Å²) in [5.74, 6) is -0.642. The summed E-state index contributed by atoms with van der Waals surface area (Å²) in [7, 11) is 0. The molecule has 0 spiro atoms. The highest BCUT2D eigenvalue weighted by molar-refractivity contribution is 5.97. The molecule has 0 unspecified atom stereocenters. The molecule has 0 radical (unpaired) electrons. The Morgan fingerprint density at radius 2 is 1.82 bits per heavy atom. The third-order valence-electron chi connectivity index (χ3n) is 2.53. The zero-order valence-electron chi connectivity index (χ0n) is 13.3. The van der Waals surface area contributed by atoms with Crippen molar-refractivity contribution >= 4 is 11.9 Å². The van der Waals surface area contributed by atoms with Crippen LogP contribution in [0.1, 0.15) is 38.1 Å². The standard InChI is InChI=1S/C16H22FNO4/c1-11(18-15(20)22-16(2,3)4)9-21-10-14(19)12-5-7-13(17)8-6-12/h5-8,11H,9-10H2,1-4H3,(H,18,20)/t11-/m0/s1. The SMILES string of the molecule is C[C@@H](COCC(=O)c1ccc(F)cc1)NC(=O)OC(C)(C)C. The first kappa shape index (κ1) is 18.1. The predicted molar refractivity (Wildman–Crippen MR) is 80.4 cm³/mol. The van der Waals surface area contributed by atoms with Crippen LogP contribution < -0.4 is 5.32 Å². The maximum Gasteiger partial charge on any atom is 0.407 e. The minimum Gasteiger partial charge on any atom is -0.444 e. The van der Waals surface area contributed by atoms with Crippen LogP contribution in [0.2, 0.25) is 0 Å². The highest BCUT2D eigenvalue weighted by atomic mass is 19.1. The van der Waals surface area contributed by atoms with Gasteiger partial charge in [0, 0.05) is 5.56 Å². The van der Waals surface area contributed by atoms with E-state index in [4.69, 9.17) is 9.47 Å². The zero-order chi connectivity index (χ0) is 16.8. The van der Waals surface area contributed by atoms with Gasteiger partial charge in [0.25, 0.3) is 0 Å². The normalized spacial score (nSPS) is 12.6. The second-order valence-corrected chi connectivity index (χ2v) is 5.99. The van der Waals surface area contributed by atoms with E-state index in [0.717, 1.165) is 0 Å². The summed E-state index contributed by atoms with van der Waals surface area (Å²) >= 11 is 0. The highest BCUT2D eigenvalue weighted by Gasteiger charge is 2.17. The average molecular weight is 311 g/mol. The zero-order valence-corrected chi connectivity index (χ0v) is 13.3. The van der Waals surface area contributed by atoms with Crippen molar-refractivity contribution in [3.8, 4) is 0 Å². The van der Waals surface area contributed by atoms with Gasteiger partial charge in [0.05, 0.1) is 12.6 Å². The Hall–Kier alpha value is -1.95. The highest BCUT2D eigenvalue weighted by Crippen LogP contribution is 2.07. The first-order valence-electron chi connectivity index (χ1n) is 7.03. The van der Waals surface area contributed by atoms with E-state index in [1.54, 1.807) is 27.7 Å². The molecule has 0 aliphatic heterocycles. The van der Waals surface area contributed by atoms with Crippen LogP contribution in [0, 0.1) is 5.82 Å². The van der Waals surface area contributed by atoms with Crippen molar-refractivity contribution in [2.45, 2.75) is 39.3 Å². The number of nitrogens with one attached hydrogen (secondary N) is 1. The van der Waals surface area contributed by atoms with Crippen molar-refractivity contribution < 1.29 is 23.5 Å². The molecule has 1 rings (SSSR count). The van der Waals surface area contributed by atoms with Crippen LogP contribution in [0.4, 0.5) is 9.18 Å². The minimum absolute atomic E-state index is 0.133. The Kier molecular flexibility index (Phi) is 6.49. The lowest BCUT2D eigenvalue weighted by atomic mass is 10.1. The number of carbonyl (C=O) groups is 2. The Morgan fingerprint density at radius 3 is 2.36 bits per heavy atom. The molecule has 1 atom stereocenters. The monoisotopic (exact) mass is 311 g/mol. The molecule has 1 N–H and O–H groups in total. The minimum atomic E-state index is -0.566. The maximum absolute atomic E-state index is 12.8. The number of amides is 1. The number of halogens is 1. The van der Waals surface area contributed by atoms with Gasteiger partial charge in [-0.05, 0) is 52.0 Å². The van der Waals surface area contributed by atoms with Crippen molar-refractivity contribution in [2.75, 3.05) is 13.2 Å². The predicted octanol–water partition coefficient (Wildman–Crippen LogP) is 2.94. The fraction of sp³-hybridized carbons (Fsp3) is 0.500. The summed E-state index contributed by atoms with van der Waals surface area (Å²) in [6.45, 7) is 7.10. The summed E-state index contributed by atoms with van der Waals surface area (Å²) in [4.78, 5) is 23.3. The Labute approximate surface area is 129 Å². The largest absolute Gasteiger partial charge is 0.444 e. The molecule has 1 aromatic carbocycles. The van der Waals surface area contributed by atoms with Gasteiger partial charge in [0.2, 0.25) is 0 Å². The maximum atomic E-state index is 12.8. The van der Waals surface area contributed by atoms with Crippen LogP contribution in [0.5, 0.6) is 0 Å². The van der Waals surface area contributed by atoms with Gasteiger partial charge in [0.15, 0.2) is 5.78 Å². The number of benzene rings is 1. The molecule has 0 saturated carbocycles. The molecule has 122 valence electrons. The third kappa shape index (κ3) is 7.17. The van der Waals surface area contributed by atoms with Crippen LogP contribution in [-0.4, -0.2) is 36.7 Å². The number of Topliss-reactive ketones (excluding diaryl/α,β-unsaturated/α-hetero) is 1. The van der Waals surface area contributed by atoms with Crippen molar-refractivity contribution in [1.29, 1.82) is 0 Å². The molecular formula is C16H22FNO4. The molecule has 0 saturated heterocycles. The molecular weight excluding hydrogens is 289 g/mol. The summed E-state index contributed by atoms with van der Waals surface area (Å²) in [5.41, 5.74) is -0.183. The van der Waals surface area contributed by atoms with Crippen molar-refractivity contribution in [3.63, 3.8) is 0 Å². The van der Waals surface area contributed by atoms with Gasteiger partial charge in [-0.15, -0.1) is 0 Å². The Morgan fingerprint density at radius 1 is 1.23 bits per heavy atom. The van der Waals surface area contributed by atoms with Crippen LogP contribution in [0.3, 0.4) is 0 Å². The van der Waals surface area contributed by atoms with E-state index in [-0.39, 0.29) is 25.0 Å². The van der Waals surface area contributed by atoms with E-state index in [0.29, 0.717) is 5.56 Å². The van der Waals surface area contributed by atoms with E-state index < -0.39 is 17.5 Å². The van der Waals surface area contributed by atoms with Crippen LogP contribution in [-0.2, 0) is 9.47 Å². The quantitative estimate of drug-likeness (QED) is 0.820. The van der Waals surface area contributed by atoms with Crippen LogP contribution in [0.15, 0.2) is 24.3 Å². The van der Waals surface area contributed by atoms with Gasteiger partial charge in [0.1, 0.15) is 18.0 Å². The third-order valence-corrected chi connectivity index (χ3v) is 2.53. The summed E-state index contributed by atoms with van der Waals surface area (Å²) in [6, 6.07) is 4.96. The van der Waals surface area contributed by atoms with Crippen molar-refractivity contribution in [3.05, 3.63) is 35.6 Å². The van der Waals surface area contributed by atoms with E-state index >= 15 is 0 Å². The van der Waals surface area contributed by atoms with E-state index in [1.807, 2.05) is 0 Å². The van der Waals surface area contributed by atoms with Gasteiger partial charge < -0.3 is 14.8 Å². The number of hydrogen-bond acceptors (Lipinski definition) is 4. The lowest BCUT2D eigenvalue weighted by Crippen LogP contribution is -2.40. The van der Waals surface area contributed by atoms with E-state index in [9.17, 15) is 14.0 Å². The molecule has 1 aromatic rings. The number of ether oxygens (including phenoxy) is 2. The molecule has 5 nitrogen and oxygen atoms in total. The Bertz CT molecular complexity index is 508. The molecule has 6 heteroatoms. The second-order valence-electron chi connectivity index (χ2n) is 5.99. The van der Waals surface area contributed by atoms with Crippen molar-refractivity contribution in [1.82, 2.24) is 5.32 Å². The van der Waals surface area contributed by atoms with Gasteiger partial charge in [-0.3, -0.25) is 4.79 Å². The lowest BCUT2D eigenvalue weighted by Gasteiger charge is -2.21. The molecule has 0 heterocycles. The molecule has 22 heavy (non-hydrogen) atoms. The van der Waals surface area contributed by atoms with Crippen LogP contribution in [0.25, 0.3) is 0 Å². The first-order valence-corrected chi connectivity index (χ1v) is 7.03. The molecule has 0 bridgehead atoms. The molecule has 0 fully saturated rings. The Balaban J connectivity index is 2.30. The van der Waals surface area contributed by atoms with Crippen molar-refractivity contribution in [2.24, 2.45) is 0 Å². The molecule has 0 aliphatic carbocycles. The van der Waals surface area contributed by atoms with E-state index in [1.165, 1.54) is 24.3 Å². The summed E-state index contributed by atoms with van der Waals surface area (Å²) in [6.07, 6.45) is -0.534. The second kappa shape index (κ2) is 7.89. The fourth-order valence-corrected chi connectivity index (χ4v) is 1.60. The smallest absolute Gasteiger partial charge is 0.407 e. The fourth-order valence-electron chi connectivity index (χ4n) is 1.60. The number of rotatable bonds is 6. The molecule has 0 aromatic heterocycles. The van der Waals surface area contributed by atoms with Gasteiger partial charge >= 0.3 is 6.09 Å². The number of alkyl carbamates (subject to hydrolysis) is 1. The van der Waals surface area contributed by atoms with Gasteiger partial charge in [-0.2, -0.15) is 0 Å².